The lowest BCUT2D eigenvalue weighted by molar-refractivity contribution is 0.0551. The van der Waals surface area contributed by atoms with E-state index in [1.165, 1.54) is 5.56 Å². The molecule has 1 fully saturated rings. The first-order valence-corrected chi connectivity index (χ1v) is 10.8. The number of nitrogens with one attached hydrogen (secondary N) is 1. The van der Waals surface area contributed by atoms with Crippen LogP contribution in [0.5, 0.6) is 0 Å². The molecule has 0 bridgehead atoms. The molecule has 2 aliphatic rings. The number of rotatable bonds is 2. The molecular formula is C23H24Cl3NO. The Hall–Kier alpha value is -1.03. The van der Waals surface area contributed by atoms with Crippen LogP contribution in [0.2, 0.25) is 15.1 Å². The number of aliphatic hydroxyl groups is 1. The molecule has 2 aromatic rings. The highest BCUT2D eigenvalue weighted by molar-refractivity contribution is 6.35. The van der Waals surface area contributed by atoms with E-state index in [1.54, 1.807) is 0 Å². The minimum absolute atomic E-state index is 0.0749. The molecule has 1 saturated heterocycles. The SMILES string of the molecule is CC12CNC(O)[C@H]1CCC=C[C@@H](c1ccc(Cl)cc1Cl)[C@@H]2c1ccc(Cl)cc1. The summed E-state index contributed by atoms with van der Waals surface area (Å²) < 4.78 is 0. The molecule has 148 valence electrons. The lowest BCUT2D eigenvalue weighted by Gasteiger charge is -2.44. The Kier molecular flexibility index (Phi) is 5.79. The Morgan fingerprint density at radius 2 is 1.75 bits per heavy atom. The zero-order valence-corrected chi connectivity index (χ0v) is 18.0. The van der Waals surface area contributed by atoms with E-state index in [4.69, 9.17) is 34.8 Å². The van der Waals surface area contributed by atoms with Crippen molar-refractivity contribution in [1.82, 2.24) is 5.32 Å². The second-order valence-corrected chi connectivity index (χ2v) is 9.44. The standard InChI is InChI=1S/C23H24Cl3NO/c1-23-13-27-22(28)19(23)5-3-2-4-18(17-11-10-16(25)12-20(17)26)21(23)14-6-8-15(24)9-7-14/h2,4,6-12,18-19,21-22,27-28H,3,5,13H2,1H3/t18-,19+,21-,22?,23?/m0/s1. The van der Waals surface area contributed by atoms with Gasteiger partial charge in [0.15, 0.2) is 0 Å². The summed E-state index contributed by atoms with van der Waals surface area (Å²) >= 11 is 19.0. The Morgan fingerprint density at radius 1 is 1.04 bits per heavy atom. The van der Waals surface area contributed by atoms with Crippen LogP contribution in [0.4, 0.5) is 0 Å². The molecule has 0 saturated carbocycles. The molecule has 2 unspecified atom stereocenters. The molecule has 0 aromatic heterocycles. The van der Waals surface area contributed by atoms with Crippen LogP contribution in [-0.2, 0) is 0 Å². The fourth-order valence-electron chi connectivity index (χ4n) is 5.14. The molecule has 5 heteroatoms. The van der Waals surface area contributed by atoms with Gasteiger partial charge in [0.1, 0.15) is 6.23 Å². The first-order valence-electron chi connectivity index (χ1n) is 9.68. The summed E-state index contributed by atoms with van der Waals surface area (Å²) in [5.74, 6) is 0.368. The van der Waals surface area contributed by atoms with E-state index in [0.717, 1.165) is 30.0 Å². The molecule has 2 N–H and O–H groups in total. The van der Waals surface area contributed by atoms with Crippen molar-refractivity contribution >= 4 is 34.8 Å². The van der Waals surface area contributed by atoms with Crippen LogP contribution in [0, 0.1) is 11.3 Å². The molecule has 2 aromatic carbocycles. The van der Waals surface area contributed by atoms with Crippen molar-refractivity contribution in [2.24, 2.45) is 11.3 Å². The monoisotopic (exact) mass is 435 g/mol. The van der Waals surface area contributed by atoms with Gasteiger partial charge in [-0.3, -0.25) is 5.32 Å². The highest BCUT2D eigenvalue weighted by Crippen LogP contribution is 2.55. The van der Waals surface area contributed by atoms with E-state index in [-0.39, 0.29) is 23.2 Å². The van der Waals surface area contributed by atoms with Gasteiger partial charge in [-0.1, -0.05) is 72.1 Å². The quantitative estimate of drug-likeness (QED) is 0.533. The minimum Gasteiger partial charge on any atom is -0.378 e. The average molecular weight is 437 g/mol. The van der Waals surface area contributed by atoms with Gasteiger partial charge in [-0.05, 0) is 53.6 Å². The van der Waals surface area contributed by atoms with Crippen LogP contribution < -0.4 is 5.32 Å². The van der Waals surface area contributed by atoms with E-state index in [1.807, 2.05) is 30.3 Å². The summed E-state index contributed by atoms with van der Waals surface area (Å²) in [6, 6.07) is 13.8. The van der Waals surface area contributed by atoms with E-state index in [2.05, 4.69) is 36.5 Å². The molecule has 5 atom stereocenters. The lowest BCUT2D eigenvalue weighted by atomic mass is 9.59. The predicted molar refractivity (Wildman–Crippen MR) is 117 cm³/mol. The van der Waals surface area contributed by atoms with Crippen LogP contribution in [0.3, 0.4) is 0 Å². The first kappa shape index (κ1) is 20.3. The van der Waals surface area contributed by atoms with Gasteiger partial charge in [0.05, 0.1) is 0 Å². The van der Waals surface area contributed by atoms with Gasteiger partial charge in [-0.25, -0.2) is 0 Å². The van der Waals surface area contributed by atoms with Crippen LogP contribution in [-0.4, -0.2) is 17.9 Å². The predicted octanol–water partition coefficient (Wildman–Crippen LogP) is 6.41. The van der Waals surface area contributed by atoms with Crippen molar-refractivity contribution in [2.75, 3.05) is 6.54 Å². The smallest absolute Gasteiger partial charge is 0.108 e. The summed E-state index contributed by atoms with van der Waals surface area (Å²) in [4.78, 5) is 0. The number of aliphatic hydroxyl groups excluding tert-OH is 1. The van der Waals surface area contributed by atoms with Crippen molar-refractivity contribution in [3.63, 3.8) is 0 Å². The molecule has 1 aliphatic carbocycles. The third-order valence-corrected chi connectivity index (χ3v) is 7.34. The fourth-order valence-corrected chi connectivity index (χ4v) is 5.80. The molecule has 2 nitrogen and oxygen atoms in total. The third-order valence-electron chi connectivity index (χ3n) is 6.53. The normalized spacial score (nSPS) is 32.6. The van der Waals surface area contributed by atoms with E-state index in [9.17, 15) is 5.11 Å². The van der Waals surface area contributed by atoms with Gasteiger partial charge in [0, 0.05) is 39.4 Å². The van der Waals surface area contributed by atoms with Gasteiger partial charge < -0.3 is 5.11 Å². The maximum absolute atomic E-state index is 10.7. The second-order valence-electron chi connectivity index (χ2n) is 8.16. The number of allylic oxidation sites excluding steroid dienone is 2. The highest BCUT2D eigenvalue weighted by atomic mass is 35.5. The topological polar surface area (TPSA) is 32.3 Å². The molecule has 0 amide bonds. The van der Waals surface area contributed by atoms with Crippen molar-refractivity contribution in [3.8, 4) is 0 Å². The molecule has 1 heterocycles. The molecule has 4 rings (SSSR count). The van der Waals surface area contributed by atoms with Crippen LogP contribution in [0.15, 0.2) is 54.6 Å². The summed E-state index contributed by atoms with van der Waals surface area (Å²) in [5.41, 5.74) is 2.13. The maximum Gasteiger partial charge on any atom is 0.108 e. The average Bonchev–Trinajstić information content (AvgIpc) is 2.92. The Bertz CT molecular complexity index is 882. The van der Waals surface area contributed by atoms with Crippen LogP contribution in [0.1, 0.15) is 42.7 Å². The maximum atomic E-state index is 10.7. The van der Waals surface area contributed by atoms with Crippen LogP contribution >= 0.6 is 34.8 Å². The molecule has 1 aliphatic heterocycles. The van der Waals surface area contributed by atoms with Crippen LogP contribution in [0.25, 0.3) is 0 Å². The molecule has 0 spiro atoms. The number of hydrogen-bond donors (Lipinski definition) is 2. The summed E-state index contributed by atoms with van der Waals surface area (Å²) in [6.45, 7) is 3.04. The van der Waals surface area contributed by atoms with Crippen molar-refractivity contribution < 1.29 is 5.11 Å². The summed E-state index contributed by atoms with van der Waals surface area (Å²) in [7, 11) is 0. The highest BCUT2D eigenvalue weighted by Gasteiger charge is 2.52. The summed E-state index contributed by atoms with van der Waals surface area (Å²) in [6.07, 6.45) is 5.90. The Morgan fingerprint density at radius 3 is 2.46 bits per heavy atom. The Labute approximate surface area is 181 Å². The van der Waals surface area contributed by atoms with Gasteiger partial charge in [0.25, 0.3) is 0 Å². The zero-order chi connectivity index (χ0) is 19.9. The van der Waals surface area contributed by atoms with E-state index in [0.29, 0.717) is 10.0 Å². The van der Waals surface area contributed by atoms with Gasteiger partial charge in [0.2, 0.25) is 0 Å². The minimum atomic E-state index is -0.493. The number of hydrogen-bond acceptors (Lipinski definition) is 2. The second kappa shape index (κ2) is 8.01. The largest absolute Gasteiger partial charge is 0.378 e. The fraction of sp³-hybridized carbons (Fsp3) is 0.391. The van der Waals surface area contributed by atoms with Gasteiger partial charge >= 0.3 is 0 Å². The number of fused-ring (bicyclic) bond motifs is 1. The van der Waals surface area contributed by atoms with Gasteiger partial charge in [-0.15, -0.1) is 0 Å². The van der Waals surface area contributed by atoms with Gasteiger partial charge in [-0.2, -0.15) is 0 Å². The molecule has 0 radical (unpaired) electrons. The Balaban J connectivity index is 1.90. The molecule has 28 heavy (non-hydrogen) atoms. The van der Waals surface area contributed by atoms with Crippen molar-refractivity contribution in [2.45, 2.75) is 37.8 Å². The van der Waals surface area contributed by atoms with E-state index >= 15 is 0 Å². The molecular weight excluding hydrogens is 413 g/mol. The summed E-state index contributed by atoms with van der Waals surface area (Å²) in [5, 5.41) is 16.0. The zero-order valence-electron chi connectivity index (χ0n) is 15.7. The first-order chi connectivity index (χ1) is 13.4. The third kappa shape index (κ3) is 3.62. The van der Waals surface area contributed by atoms with E-state index < -0.39 is 6.23 Å². The number of benzene rings is 2. The van der Waals surface area contributed by atoms with Crippen molar-refractivity contribution in [3.05, 3.63) is 80.8 Å². The number of halogens is 3. The lowest BCUT2D eigenvalue weighted by Crippen LogP contribution is -2.38. The van der Waals surface area contributed by atoms with Crippen molar-refractivity contribution in [1.29, 1.82) is 0 Å².